The molecule has 3 rings (SSSR count). The Morgan fingerprint density at radius 3 is 1.89 bits per heavy atom. The predicted molar refractivity (Wildman–Crippen MR) is 110 cm³/mol. The van der Waals surface area contributed by atoms with Crippen LogP contribution in [0.3, 0.4) is 0 Å². The molecule has 0 aliphatic carbocycles. The van der Waals surface area contributed by atoms with Crippen LogP contribution in [0.2, 0.25) is 10.0 Å². The van der Waals surface area contributed by atoms with E-state index in [2.05, 4.69) is 21.5 Å². The van der Waals surface area contributed by atoms with Crippen LogP contribution in [-0.4, -0.2) is 9.36 Å². The fourth-order valence-electron chi connectivity index (χ4n) is 2.23. The molecule has 0 spiro atoms. The zero-order valence-electron chi connectivity index (χ0n) is 13.7. The number of hydrogen-bond donors (Lipinski definition) is 0. The van der Waals surface area contributed by atoms with Gasteiger partial charge in [0.05, 0.1) is 11.1 Å². The number of nitrogens with zero attached hydrogens (tertiary/aromatic N) is 4. The summed E-state index contributed by atoms with van der Waals surface area (Å²) in [5.74, 6) is 0.248. The van der Waals surface area contributed by atoms with Gasteiger partial charge in [-0.2, -0.15) is 14.9 Å². The first-order valence-electron chi connectivity index (χ1n) is 7.69. The molecule has 2 aromatic carbocycles. The molecule has 1 heterocycles. The maximum Gasteiger partial charge on any atom is 0.184 e. The average molecular weight is 409 g/mol. The minimum absolute atomic E-state index is 0.248. The molecule has 0 radical (unpaired) electrons. The first-order valence-corrected chi connectivity index (χ1v) is 9.22. The van der Waals surface area contributed by atoms with Crippen LogP contribution < -0.4 is 0 Å². The van der Waals surface area contributed by atoms with Crippen molar-refractivity contribution in [3.8, 4) is 12.1 Å². The molecule has 130 valence electrons. The molecule has 27 heavy (non-hydrogen) atoms. The third kappa shape index (κ3) is 4.42. The van der Waals surface area contributed by atoms with Gasteiger partial charge >= 0.3 is 0 Å². The minimum atomic E-state index is 0.248. The highest BCUT2D eigenvalue weighted by Crippen LogP contribution is 2.26. The van der Waals surface area contributed by atoms with Crippen molar-refractivity contribution in [1.29, 1.82) is 10.5 Å². The van der Waals surface area contributed by atoms with E-state index in [0.717, 1.165) is 11.5 Å². The highest BCUT2D eigenvalue weighted by atomic mass is 35.5. The lowest BCUT2D eigenvalue weighted by atomic mass is 10.1. The summed E-state index contributed by atoms with van der Waals surface area (Å²) in [5.41, 5.74) is 1.99. The Morgan fingerprint density at radius 2 is 1.37 bits per heavy atom. The SMILES string of the molecule is N#C/C(=C\c1ccccc1Cl)c1nsc(/C(C#N)=C/c2ccccc2Cl)n1. The molecule has 0 N–H and O–H groups in total. The smallest absolute Gasteiger partial charge is 0.184 e. The Bertz CT molecular complexity index is 1050. The summed E-state index contributed by atoms with van der Waals surface area (Å²) in [5, 5.41) is 20.4. The van der Waals surface area contributed by atoms with E-state index in [-0.39, 0.29) is 11.4 Å². The first-order chi connectivity index (χ1) is 13.1. The van der Waals surface area contributed by atoms with Crippen molar-refractivity contribution in [2.45, 2.75) is 0 Å². The fourth-order valence-corrected chi connectivity index (χ4v) is 3.25. The van der Waals surface area contributed by atoms with Gasteiger partial charge in [-0.05, 0) is 46.9 Å². The Balaban J connectivity index is 1.98. The molecule has 0 saturated carbocycles. The van der Waals surface area contributed by atoms with Crippen LogP contribution >= 0.6 is 34.7 Å². The second-order valence-electron chi connectivity index (χ2n) is 5.31. The molecule has 4 nitrogen and oxygen atoms in total. The van der Waals surface area contributed by atoms with Crippen molar-refractivity contribution in [1.82, 2.24) is 9.36 Å². The second kappa shape index (κ2) is 8.62. The van der Waals surface area contributed by atoms with Crippen LogP contribution in [0.4, 0.5) is 0 Å². The third-order valence-corrected chi connectivity index (χ3v) is 4.99. The Labute approximate surface area is 170 Å². The molecule has 7 heteroatoms. The van der Waals surface area contributed by atoms with E-state index < -0.39 is 0 Å². The largest absolute Gasteiger partial charge is 0.213 e. The monoisotopic (exact) mass is 408 g/mol. The molecule has 0 unspecified atom stereocenters. The number of benzene rings is 2. The molecule has 0 aliphatic rings. The molecule has 3 aromatic rings. The number of halogens is 2. The normalized spacial score (nSPS) is 11.7. The zero-order chi connectivity index (χ0) is 19.2. The van der Waals surface area contributed by atoms with E-state index in [1.165, 1.54) is 0 Å². The van der Waals surface area contributed by atoms with E-state index in [1.807, 2.05) is 24.3 Å². The predicted octanol–water partition coefficient (Wildman–Crippen LogP) is 5.97. The van der Waals surface area contributed by atoms with E-state index >= 15 is 0 Å². The Kier molecular flexibility index (Phi) is 6.01. The lowest BCUT2D eigenvalue weighted by Crippen LogP contribution is -1.87. The highest BCUT2D eigenvalue weighted by molar-refractivity contribution is 7.06. The van der Waals surface area contributed by atoms with Crippen molar-refractivity contribution in [2.24, 2.45) is 0 Å². The number of aromatic nitrogens is 2. The summed E-state index contributed by atoms with van der Waals surface area (Å²) < 4.78 is 4.22. The van der Waals surface area contributed by atoms with E-state index in [4.69, 9.17) is 23.2 Å². The molecule has 0 saturated heterocycles. The molecule has 1 aromatic heterocycles. The van der Waals surface area contributed by atoms with Crippen molar-refractivity contribution in [2.75, 3.05) is 0 Å². The van der Waals surface area contributed by atoms with Crippen molar-refractivity contribution < 1.29 is 0 Å². The first kappa shape index (κ1) is 18.8. The lowest BCUT2D eigenvalue weighted by Gasteiger charge is -1.98. The van der Waals surface area contributed by atoms with Gasteiger partial charge < -0.3 is 0 Å². The summed E-state index contributed by atoms with van der Waals surface area (Å²) in [4.78, 5) is 4.34. The zero-order valence-corrected chi connectivity index (χ0v) is 16.1. The number of nitriles is 2. The minimum Gasteiger partial charge on any atom is -0.213 e. The fraction of sp³-hybridized carbons (Fsp3) is 0. The molecular formula is C20H10Cl2N4S. The number of hydrogen-bond acceptors (Lipinski definition) is 5. The van der Waals surface area contributed by atoms with Crippen LogP contribution in [0.25, 0.3) is 23.3 Å². The quantitative estimate of drug-likeness (QED) is 0.498. The Morgan fingerprint density at radius 1 is 0.852 bits per heavy atom. The average Bonchev–Trinajstić information content (AvgIpc) is 3.16. The second-order valence-corrected chi connectivity index (χ2v) is 6.87. The van der Waals surface area contributed by atoms with Gasteiger partial charge in [-0.3, -0.25) is 0 Å². The third-order valence-electron chi connectivity index (χ3n) is 3.55. The van der Waals surface area contributed by atoms with Gasteiger partial charge in [0.2, 0.25) is 0 Å². The van der Waals surface area contributed by atoms with Crippen LogP contribution in [-0.2, 0) is 0 Å². The summed E-state index contributed by atoms with van der Waals surface area (Å²) in [7, 11) is 0. The van der Waals surface area contributed by atoms with Crippen LogP contribution in [0.1, 0.15) is 22.0 Å². The standard InChI is InChI=1S/C20H10Cl2N4S/c21-17-7-3-1-5-13(17)9-15(11-23)19-25-20(27-26-19)16(12-24)10-14-6-2-4-8-18(14)22/h1-10H/b15-9+,16-10+. The summed E-state index contributed by atoms with van der Waals surface area (Å²) in [6.45, 7) is 0. The van der Waals surface area contributed by atoms with Gasteiger partial charge in [-0.25, -0.2) is 4.98 Å². The van der Waals surface area contributed by atoms with Gasteiger partial charge in [0.25, 0.3) is 0 Å². The topological polar surface area (TPSA) is 73.4 Å². The molecular weight excluding hydrogens is 399 g/mol. The van der Waals surface area contributed by atoms with Gasteiger partial charge in [0.15, 0.2) is 10.8 Å². The number of rotatable bonds is 4. The van der Waals surface area contributed by atoms with Crippen molar-refractivity contribution >= 4 is 58.0 Å². The molecule has 0 fully saturated rings. The van der Waals surface area contributed by atoms with Crippen LogP contribution in [0, 0.1) is 22.7 Å². The van der Waals surface area contributed by atoms with Crippen molar-refractivity contribution in [3.05, 3.63) is 80.5 Å². The molecule has 0 atom stereocenters. The number of allylic oxidation sites excluding steroid dienone is 2. The van der Waals surface area contributed by atoms with Crippen molar-refractivity contribution in [3.63, 3.8) is 0 Å². The lowest BCUT2D eigenvalue weighted by molar-refractivity contribution is 1.25. The maximum absolute atomic E-state index is 9.49. The van der Waals surface area contributed by atoms with Gasteiger partial charge in [0, 0.05) is 10.0 Å². The molecule has 0 amide bonds. The van der Waals surface area contributed by atoms with Gasteiger partial charge in [0.1, 0.15) is 12.1 Å². The van der Waals surface area contributed by atoms with Gasteiger partial charge in [-0.1, -0.05) is 59.6 Å². The highest BCUT2D eigenvalue weighted by Gasteiger charge is 2.13. The summed E-state index contributed by atoms with van der Waals surface area (Å²) >= 11 is 13.3. The summed E-state index contributed by atoms with van der Waals surface area (Å²) in [6.07, 6.45) is 3.27. The Hall–Kier alpha value is -2.96. The van der Waals surface area contributed by atoms with Crippen LogP contribution in [0.15, 0.2) is 48.5 Å². The van der Waals surface area contributed by atoms with Crippen LogP contribution in [0.5, 0.6) is 0 Å². The molecule has 0 aliphatic heterocycles. The van der Waals surface area contributed by atoms with Gasteiger partial charge in [-0.15, -0.1) is 0 Å². The molecule has 0 bridgehead atoms. The van der Waals surface area contributed by atoms with E-state index in [1.54, 1.807) is 36.4 Å². The summed E-state index contributed by atoms with van der Waals surface area (Å²) in [6, 6.07) is 18.6. The van der Waals surface area contributed by atoms with E-state index in [0.29, 0.717) is 31.8 Å². The van der Waals surface area contributed by atoms with E-state index in [9.17, 15) is 10.5 Å². The maximum atomic E-state index is 9.49.